The summed E-state index contributed by atoms with van der Waals surface area (Å²) in [4.78, 5) is 0. The van der Waals surface area contributed by atoms with E-state index in [-0.39, 0.29) is 34.1 Å². The summed E-state index contributed by atoms with van der Waals surface area (Å²) in [5.74, 6) is -0.0973. The van der Waals surface area contributed by atoms with Gasteiger partial charge in [0, 0.05) is 11.1 Å². The number of benzene rings is 2. The summed E-state index contributed by atoms with van der Waals surface area (Å²) >= 11 is 0. The van der Waals surface area contributed by atoms with Crippen molar-refractivity contribution in [1.82, 2.24) is 0 Å². The van der Waals surface area contributed by atoms with E-state index in [1.807, 2.05) is 0 Å². The maximum Gasteiger partial charge on any atom is 0.126 e. The zero-order chi connectivity index (χ0) is 13.4. The fourth-order valence-corrected chi connectivity index (χ4v) is 1.83. The van der Waals surface area contributed by atoms with E-state index < -0.39 is 0 Å². The lowest BCUT2D eigenvalue weighted by Crippen LogP contribution is -1.88. The zero-order valence-corrected chi connectivity index (χ0v) is 10.1. The lowest BCUT2D eigenvalue weighted by atomic mass is 9.97. The van der Waals surface area contributed by atoms with Gasteiger partial charge >= 0.3 is 0 Å². The molecule has 2 aromatic carbocycles. The molecule has 0 aliphatic rings. The quantitative estimate of drug-likeness (QED) is 0.583. The Morgan fingerprint density at radius 1 is 0.722 bits per heavy atom. The number of rotatable bonds is 1. The fraction of sp³-hybridized carbons (Fsp3) is 0.143. The third-order valence-corrected chi connectivity index (χ3v) is 3.11. The molecule has 94 valence electrons. The second kappa shape index (κ2) is 4.14. The van der Waals surface area contributed by atoms with Crippen LogP contribution in [0, 0.1) is 13.8 Å². The van der Waals surface area contributed by atoms with Crippen molar-refractivity contribution in [2.24, 2.45) is 0 Å². The van der Waals surface area contributed by atoms with E-state index in [9.17, 15) is 20.4 Å². The number of hydrogen-bond donors (Lipinski definition) is 4. The third-order valence-electron chi connectivity index (χ3n) is 3.11. The van der Waals surface area contributed by atoms with Crippen LogP contribution in [0.2, 0.25) is 0 Å². The molecule has 0 saturated heterocycles. The topological polar surface area (TPSA) is 80.9 Å². The Morgan fingerprint density at radius 3 is 2.06 bits per heavy atom. The summed E-state index contributed by atoms with van der Waals surface area (Å²) in [6.07, 6.45) is 0. The molecule has 0 aromatic heterocycles. The summed E-state index contributed by atoms with van der Waals surface area (Å²) in [5.41, 5.74) is 1.67. The molecule has 0 aliphatic heterocycles. The Hall–Kier alpha value is -2.36. The highest BCUT2D eigenvalue weighted by atomic mass is 16.3. The molecule has 0 unspecified atom stereocenters. The van der Waals surface area contributed by atoms with E-state index in [0.717, 1.165) is 0 Å². The van der Waals surface area contributed by atoms with Gasteiger partial charge in [-0.1, -0.05) is 0 Å². The molecule has 0 aliphatic carbocycles. The highest BCUT2D eigenvalue weighted by Crippen LogP contribution is 2.42. The summed E-state index contributed by atoms with van der Waals surface area (Å²) in [5, 5.41) is 39.0. The van der Waals surface area contributed by atoms with E-state index in [1.165, 1.54) is 24.3 Å². The minimum absolute atomic E-state index is 0.0220. The maximum absolute atomic E-state index is 10.1. The lowest BCUT2D eigenvalue weighted by Gasteiger charge is -2.13. The summed E-state index contributed by atoms with van der Waals surface area (Å²) in [6.45, 7) is 3.37. The first-order valence-corrected chi connectivity index (χ1v) is 5.46. The van der Waals surface area contributed by atoms with Crippen molar-refractivity contribution in [3.05, 3.63) is 35.4 Å². The summed E-state index contributed by atoms with van der Waals surface area (Å²) < 4.78 is 0. The average Bonchev–Trinajstić information content (AvgIpc) is 2.34. The monoisotopic (exact) mass is 246 g/mol. The second-order valence-corrected chi connectivity index (χ2v) is 4.24. The maximum atomic E-state index is 10.1. The Bertz CT molecular complexity index is 618. The van der Waals surface area contributed by atoms with Gasteiger partial charge in [-0.15, -0.1) is 0 Å². The number of hydrogen-bond acceptors (Lipinski definition) is 4. The molecule has 0 amide bonds. The van der Waals surface area contributed by atoms with Crippen LogP contribution in [0.4, 0.5) is 0 Å². The number of phenols is 4. The van der Waals surface area contributed by atoms with Gasteiger partial charge in [-0.3, -0.25) is 0 Å². The van der Waals surface area contributed by atoms with E-state index in [4.69, 9.17) is 0 Å². The smallest absolute Gasteiger partial charge is 0.126 e. The van der Waals surface area contributed by atoms with Crippen LogP contribution in [-0.2, 0) is 0 Å². The normalized spacial score (nSPS) is 10.6. The molecule has 0 saturated carbocycles. The predicted octanol–water partition coefficient (Wildman–Crippen LogP) is 2.79. The number of aromatic hydroxyl groups is 4. The van der Waals surface area contributed by atoms with Crippen molar-refractivity contribution in [2.75, 3.05) is 0 Å². The Labute approximate surface area is 104 Å². The average molecular weight is 246 g/mol. The van der Waals surface area contributed by atoms with Gasteiger partial charge in [0.1, 0.15) is 23.0 Å². The van der Waals surface area contributed by atoms with Crippen molar-refractivity contribution in [3.8, 4) is 34.1 Å². The molecule has 0 bridgehead atoms. The van der Waals surface area contributed by atoms with Gasteiger partial charge < -0.3 is 20.4 Å². The molecule has 4 N–H and O–H groups in total. The molecule has 0 radical (unpaired) electrons. The van der Waals surface area contributed by atoms with Crippen molar-refractivity contribution in [2.45, 2.75) is 13.8 Å². The predicted molar refractivity (Wildman–Crippen MR) is 68.0 cm³/mol. The molecule has 18 heavy (non-hydrogen) atoms. The molecular weight excluding hydrogens is 232 g/mol. The first-order chi connectivity index (χ1) is 8.41. The van der Waals surface area contributed by atoms with E-state index in [0.29, 0.717) is 11.1 Å². The van der Waals surface area contributed by atoms with Gasteiger partial charge in [0.25, 0.3) is 0 Å². The van der Waals surface area contributed by atoms with Gasteiger partial charge in [0.15, 0.2) is 0 Å². The van der Waals surface area contributed by atoms with Gasteiger partial charge in [0.05, 0.1) is 0 Å². The van der Waals surface area contributed by atoms with Crippen LogP contribution in [0.15, 0.2) is 24.3 Å². The van der Waals surface area contributed by atoms with Gasteiger partial charge in [-0.05, 0) is 49.2 Å². The molecule has 2 aromatic rings. The van der Waals surface area contributed by atoms with Crippen LogP contribution < -0.4 is 0 Å². The zero-order valence-electron chi connectivity index (χ0n) is 10.1. The third kappa shape index (κ3) is 1.82. The lowest BCUT2D eigenvalue weighted by molar-refractivity contribution is 0.451. The van der Waals surface area contributed by atoms with Crippen LogP contribution in [0.5, 0.6) is 23.0 Å². The number of phenolic OH excluding ortho intramolecular Hbond substituents is 4. The minimum atomic E-state index is -0.0780. The molecule has 0 heterocycles. The van der Waals surface area contributed by atoms with Crippen LogP contribution in [-0.4, -0.2) is 20.4 Å². The highest BCUT2D eigenvalue weighted by Gasteiger charge is 2.15. The van der Waals surface area contributed by atoms with E-state index >= 15 is 0 Å². The van der Waals surface area contributed by atoms with E-state index in [1.54, 1.807) is 13.8 Å². The minimum Gasteiger partial charge on any atom is -0.508 e. The van der Waals surface area contributed by atoms with Crippen molar-refractivity contribution in [1.29, 1.82) is 0 Å². The largest absolute Gasteiger partial charge is 0.508 e. The van der Waals surface area contributed by atoms with Crippen molar-refractivity contribution in [3.63, 3.8) is 0 Å². The summed E-state index contributed by atoms with van der Waals surface area (Å²) in [7, 11) is 0. The fourth-order valence-electron chi connectivity index (χ4n) is 1.83. The Kier molecular flexibility index (Phi) is 2.79. The molecule has 0 fully saturated rings. The van der Waals surface area contributed by atoms with Crippen molar-refractivity contribution >= 4 is 0 Å². The van der Waals surface area contributed by atoms with Crippen LogP contribution in [0.3, 0.4) is 0 Å². The van der Waals surface area contributed by atoms with Crippen LogP contribution >= 0.6 is 0 Å². The van der Waals surface area contributed by atoms with Gasteiger partial charge in [-0.2, -0.15) is 0 Å². The molecule has 2 rings (SSSR count). The Morgan fingerprint density at radius 2 is 1.39 bits per heavy atom. The van der Waals surface area contributed by atoms with Gasteiger partial charge in [0.2, 0.25) is 0 Å². The molecule has 4 heteroatoms. The van der Waals surface area contributed by atoms with Crippen molar-refractivity contribution < 1.29 is 20.4 Å². The SMILES string of the molecule is Cc1c(O)cc(-c2cc(O)ccc2O)c(O)c1C. The van der Waals surface area contributed by atoms with Crippen LogP contribution in [0.1, 0.15) is 11.1 Å². The van der Waals surface area contributed by atoms with Gasteiger partial charge in [-0.25, -0.2) is 0 Å². The molecule has 4 nitrogen and oxygen atoms in total. The second-order valence-electron chi connectivity index (χ2n) is 4.24. The van der Waals surface area contributed by atoms with E-state index in [2.05, 4.69) is 0 Å². The molecular formula is C14H14O4. The molecule has 0 spiro atoms. The summed E-state index contributed by atoms with van der Waals surface area (Å²) in [6, 6.07) is 5.37. The standard InChI is InChI=1S/C14H14O4/c1-7-8(2)14(18)11(6-13(7)17)10-5-9(15)3-4-12(10)16/h3-6,15-18H,1-2H3. The first-order valence-electron chi connectivity index (χ1n) is 5.46. The first kappa shape index (κ1) is 12.1. The van der Waals surface area contributed by atoms with Crippen LogP contribution in [0.25, 0.3) is 11.1 Å². The molecule has 0 atom stereocenters. The Balaban J connectivity index is 2.75. The highest BCUT2D eigenvalue weighted by molar-refractivity contribution is 5.79.